The standard InChI is InChI=1S/C17H19N5OS.CH2O2/c1-22-14-8-11(9-19-13(14)10-20-22)17(23)18-7-6-16-21-12-4-2-3-5-15(12)24-16;2-1-3/h8-10H,2-7H2,1H3,(H,18,23);1H,(H,2,3). The SMILES string of the molecule is Cn1ncc2ncc(C(=O)NCCc3nc4c(s3)CCCC4)cc21.O=CO. The van der Waals surface area contributed by atoms with Crippen molar-refractivity contribution in [1.82, 2.24) is 25.1 Å². The summed E-state index contributed by atoms with van der Waals surface area (Å²) in [6.07, 6.45) is 8.86. The number of rotatable bonds is 4. The lowest BCUT2D eigenvalue weighted by atomic mass is 10.0. The van der Waals surface area contributed by atoms with Crippen LogP contribution in [-0.4, -0.2) is 43.8 Å². The number of aromatic nitrogens is 4. The van der Waals surface area contributed by atoms with Gasteiger partial charge in [-0.05, 0) is 31.7 Å². The molecule has 3 aromatic heterocycles. The zero-order valence-electron chi connectivity index (χ0n) is 15.0. The van der Waals surface area contributed by atoms with Gasteiger partial charge in [0.15, 0.2) is 0 Å². The minimum Gasteiger partial charge on any atom is -0.483 e. The van der Waals surface area contributed by atoms with E-state index in [1.54, 1.807) is 28.4 Å². The van der Waals surface area contributed by atoms with Crippen LogP contribution in [0.25, 0.3) is 11.0 Å². The highest BCUT2D eigenvalue weighted by molar-refractivity contribution is 7.11. The third kappa shape index (κ3) is 4.48. The molecule has 27 heavy (non-hydrogen) atoms. The molecule has 0 unspecified atom stereocenters. The van der Waals surface area contributed by atoms with Gasteiger partial charge in [-0.2, -0.15) is 5.10 Å². The zero-order valence-corrected chi connectivity index (χ0v) is 15.8. The van der Waals surface area contributed by atoms with E-state index in [1.165, 1.54) is 23.4 Å². The Hall–Kier alpha value is -2.81. The second-order valence-electron chi connectivity index (χ2n) is 6.19. The lowest BCUT2D eigenvalue weighted by Gasteiger charge is -2.06. The van der Waals surface area contributed by atoms with Gasteiger partial charge in [0, 0.05) is 31.1 Å². The van der Waals surface area contributed by atoms with E-state index in [4.69, 9.17) is 14.9 Å². The first kappa shape index (κ1) is 19.0. The summed E-state index contributed by atoms with van der Waals surface area (Å²) in [5.74, 6) is -0.105. The van der Waals surface area contributed by atoms with Gasteiger partial charge in [0.05, 0.1) is 28.0 Å². The molecule has 9 heteroatoms. The lowest BCUT2D eigenvalue weighted by Crippen LogP contribution is -2.25. The number of hydrogen-bond donors (Lipinski definition) is 2. The Bertz CT molecular complexity index is 926. The van der Waals surface area contributed by atoms with Crippen LogP contribution in [0.3, 0.4) is 0 Å². The van der Waals surface area contributed by atoms with E-state index in [-0.39, 0.29) is 12.4 Å². The Morgan fingerprint density at radius 2 is 2.15 bits per heavy atom. The molecule has 0 fully saturated rings. The van der Waals surface area contributed by atoms with Crippen LogP contribution in [0.15, 0.2) is 18.5 Å². The molecule has 0 spiro atoms. The Morgan fingerprint density at radius 3 is 2.93 bits per heavy atom. The van der Waals surface area contributed by atoms with E-state index in [9.17, 15) is 4.79 Å². The number of hydrogen-bond acceptors (Lipinski definition) is 6. The summed E-state index contributed by atoms with van der Waals surface area (Å²) in [5.41, 5.74) is 3.49. The van der Waals surface area contributed by atoms with E-state index < -0.39 is 0 Å². The molecule has 0 radical (unpaired) electrons. The summed E-state index contributed by atoms with van der Waals surface area (Å²) < 4.78 is 1.72. The maximum absolute atomic E-state index is 12.3. The highest BCUT2D eigenvalue weighted by Crippen LogP contribution is 2.26. The van der Waals surface area contributed by atoms with Crippen LogP contribution in [0.2, 0.25) is 0 Å². The zero-order chi connectivity index (χ0) is 19.2. The average molecular weight is 387 g/mol. The average Bonchev–Trinajstić information content (AvgIpc) is 3.25. The van der Waals surface area contributed by atoms with Gasteiger partial charge in [0.2, 0.25) is 0 Å². The summed E-state index contributed by atoms with van der Waals surface area (Å²) >= 11 is 1.80. The van der Waals surface area contributed by atoms with Gasteiger partial charge >= 0.3 is 0 Å². The molecule has 3 aromatic rings. The van der Waals surface area contributed by atoms with Crippen molar-refractivity contribution in [3.63, 3.8) is 0 Å². The van der Waals surface area contributed by atoms with Crippen LogP contribution in [-0.2, 0) is 31.1 Å². The molecule has 1 amide bonds. The molecule has 0 bridgehead atoms. The van der Waals surface area contributed by atoms with Crippen molar-refractivity contribution in [2.75, 3.05) is 6.54 Å². The molecule has 142 valence electrons. The van der Waals surface area contributed by atoms with Crippen LogP contribution < -0.4 is 5.32 Å². The van der Waals surface area contributed by atoms with Gasteiger partial charge < -0.3 is 10.4 Å². The third-order valence-electron chi connectivity index (χ3n) is 4.38. The largest absolute Gasteiger partial charge is 0.483 e. The van der Waals surface area contributed by atoms with Gasteiger partial charge in [0.1, 0.15) is 5.52 Å². The van der Waals surface area contributed by atoms with Crippen molar-refractivity contribution >= 4 is 34.7 Å². The van der Waals surface area contributed by atoms with Crippen molar-refractivity contribution in [2.24, 2.45) is 7.05 Å². The minimum atomic E-state index is -0.250. The number of carboxylic acid groups (broad SMARTS) is 1. The predicted molar refractivity (Wildman–Crippen MR) is 102 cm³/mol. The summed E-state index contributed by atoms with van der Waals surface area (Å²) in [6, 6.07) is 1.83. The van der Waals surface area contributed by atoms with Gasteiger partial charge in [-0.3, -0.25) is 19.3 Å². The van der Waals surface area contributed by atoms with E-state index in [2.05, 4.69) is 15.4 Å². The van der Waals surface area contributed by atoms with Gasteiger partial charge in [-0.1, -0.05) is 0 Å². The highest BCUT2D eigenvalue weighted by Gasteiger charge is 2.15. The third-order valence-corrected chi connectivity index (χ3v) is 5.59. The highest BCUT2D eigenvalue weighted by atomic mass is 32.1. The molecule has 0 saturated heterocycles. The number of thiazole rings is 1. The Labute approximate surface area is 160 Å². The van der Waals surface area contributed by atoms with Gasteiger partial charge in [-0.25, -0.2) is 4.98 Å². The molecular formula is C18H21N5O3S. The molecule has 1 aliphatic rings. The summed E-state index contributed by atoms with van der Waals surface area (Å²) in [4.78, 5) is 31.1. The van der Waals surface area contributed by atoms with E-state index in [0.29, 0.717) is 12.1 Å². The van der Waals surface area contributed by atoms with Crippen molar-refractivity contribution in [1.29, 1.82) is 0 Å². The maximum Gasteiger partial charge on any atom is 0.290 e. The molecular weight excluding hydrogens is 366 g/mol. The van der Waals surface area contributed by atoms with E-state index >= 15 is 0 Å². The van der Waals surface area contributed by atoms with E-state index in [1.807, 2.05) is 13.1 Å². The number of nitrogens with one attached hydrogen (secondary N) is 1. The van der Waals surface area contributed by atoms with Gasteiger partial charge in [0.25, 0.3) is 12.4 Å². The van der Waals surface area contributed by atoms with Crippen LogP contribution in [0.5, 0.6) is 0 Å². The predicted octanol–water partition coefficient (Wildman–Crippen LogP) is 1.98. The number of aryl methyl sites for hydroxylation is 3. The van der Waals surface area contributed by atoms with Gasteiger partial charge in [-0.15, -0.1) is 11.3 Å². The Kier molecular flexibility index (Phi) is 6.12. The molecule has 1 aliphatic carbocycles. The molecule has 0 saturated carbocycles. The number of pyridine rings is 1. The number of nitrogens with zero attached hydrogens (tertiary/aromatic N) is 4. The van der Waals surface area contributed by atoms with Crippen molar-refractivity contribution in [3.05, 3.63) is 39.6 Å². The number of fused-ring (bicyclic) bond motifs is 2. The first-order chi connectivity index (χ1) is 13.1. The number of carbonyl (C=O) groups excluding carboxylic acids is 1. The fourth-order valence-electron chi connectivity index (χ4n) is 3.05. The minimum absolute atomic E-state index is 0.105. The smallest absolute Gasteiger partial charge is 0.290 e. The molecule has 0 aliphatic heterocycles. The lowest BCUT2D eigenvalue weighted by molar-refractivity contribution is -0.122. The fraction of sp³-hybridized carbons (Fsp3) is 0.389. The second-order valence-corrected chi connectivity index (χ2v) is 7.36. The van der Waals surface area contributed by atoms with Crippen molar-refractivity contribution in [3.8, 4) is 0 Å². The molecule has 0 aromatic carbocycles. The quantitative estimate of drug-likeness (QED) is 0.663. The van der Waals surface area contributed by atoms with Crippen molar-refractivity contribution in [2.45, 2.75) is 32.1 Å². The molecule has 4 rings (SSSR count). The first-order valence-corrected chi connectivity index (χ1v) is 9.55. The molecule has 2 N–H and O–H groups in total. The monoisotopic (exact) mass is 387 g/mol. The van der Waals surface area contributed by atoms with Crippen LogP contribution >= 0.6 is 11.3 Å². The normalized spacial score (nSPS) is 12.8. The molecule has 8 nitrogen and oxygen atoms in total. The molecule has 3 heterocycles. The van der Waals surface area contributed by atoms with Crippen LogP contribution in [0.1, 0.15) is 38.8 Å². The Morgan fingerprint density at radius 1 is 1.37 bits per heavy atom. The van der Waals surface area contributed by atoms with Crippen molar-refractivity contribution < 1.29 is 14.7 Å². The second kappa shape index (κ2) is 8.72. The maximum atomic E-state index is 12.3. The summed E-state index contributed by atoms with van der Waals surface area (Å²) in [6.45, 7) is 0.342. The number of carbonyl (C=O) groups is 2. The van der Waals surface area contributed by atoms with Crippen LogP contribution in [0, 0.1) is 0 Å². The number of amides is 1. The molecule has 0 atom stereocenters. The fourth-order valence-corrected chi connectivity index (χ4v) is 4.20. The van der Waals surface area contributed by atoms with E-state index in [0.717, 1.165) is 35.3 Å². The summed E-state index contributed by atoms with van der Waals surface area (Å²) in [7, 11) is 1.84. The van der Waals surface area contributed by atoms with Crippen LogP contribution in [0.4, 0.5) is 0 Å². The topological polar surface area (TPSA) is 110 Å². The Balaban J connectivity index is 0.000000659. The first-order valence-electron chi connectivity index (χ1n) is 8.73. The summed E-state index contributed by atoms with van der Waals surface area (Å²) in [5, 5.41) is 15.1.